The van der Waals surface area contributed by atoms with Gasteiger partial charge in [-0.05, 0) is 55.3 Å². The Morgan fingerprint density at radius 1 is 1.14 bits per heavy atom. The van der Waals surface area contributed by atoms with Gasteiger partial charge in [-0.25, -0.2) is 22.8 Å². The summed E-state index contributed by atoms with van der Waals surface area (Å²) in [6.07, 6.45) is -1.17. The van der Waals surface area contributed by atoms with Crippen molar-refractivity contribution in [2.75, 3.05) is 6.54 Å². The van der Waals surface area contributed by atoms with E-state index in [4.69, 9.17) is 0 Å². The highest BCUT2D eigenvalue weighted by molar-refractivity contribution is 7.89. The number of carbonyl (C=O) groups excluding carboxylic acids is 1. The summed E-state index contributed by atoms with van der Waals surface area (Å²) in [6, 6.07) is 7.93. The maximum absolute atomic E-state index is 13.3. The summed E-state index contributed by atoms with van der Waals surface area (Å²) in [5.41, 5.74) is -1.39. The van der Waals surface area contributed by atoms with Gasteiger partial charge >= 0.3 is 6.18 Å². The number of carbonyl (C=O) groups is 1. The van der Waals surface area contributed by atoms with Gasteiger partial charge < -0.3 is 10.1 Å². The molecule has 0 unspecified atom stereocenters. The van der Waals surface area contributed by atoms with Gasteiger partial charge in [0.2, 0.25) is 10.0 Å². The molecule has 1 fully saturated rings. The number of nitrogens with zero attached hydrogens (tertiary/aromatic N) is 4. The minimum absolute atomic E-state index is 0.0302. The van der Waals surface area contributed by atoms with Gasteiger partial charge in [0.1, 0.15) is 29.7 Å². The molecule has 0 saturated carbocycles. The number of aromatic nitrogens is 3. The standard InChI is InChI=1S/C24H21F4N5O3S/c1-16(23(14-34)9-2-10-33(23)37(35,36)20-6-4-18(25)5-7-20)29-13-19-11-21(32-15-31-19)17-3-8-22(30-12-17)24(26,27)28/h3-8,11-12,14-15,29H,1-2,9-10,13H2/t23-/m1/s1. The minimum atomic E-state index is -4.56. The molecule has 0 bridgehead atoms. The van der Waals surface area contributed by atoms with Gasteiger partial charge in [-0.1, -0.05) is 6.58 Å². The molecule has 0 amide bonds. The summed E-state index contributed by atoms with van der Waals surface area (Å²) in [6.45, 7) is 4.01. The molecule has 3 heterocycles. The van der Waals surface area contributed by atoms with Gasteiger partial charge in [-0.15, -0.1) is 0 Å². The van der Waals surface area contributed by atoms with Gasteiger partial charge in [0.15, 0.2) is 0 Å². The van der Waals surface area contributed by atoms with Crippen molar-refractivity contribution >= 4 is 16.3 Å². The van der Waals surface area contributed by atoms with Crippen LogP contribution in [-0.2, 0) is 27.5 Å². The second kappa shape index (κ2) is 9.98. The zero-order valence-electron chi connectivity index (χ0n) is 19.2. The maximum atomic E-state index is 13.3. The van der Waals surface area contributed by atoms with Crippen LogP contribution in [0.15, 0.2) is 72.2 Å². The fraction of sp³-hybridized carbons (Fsp3) is 0.250. The van der Waals surface area contributed by atoms with Crippen molar-refractivity contribution < 1.29 is 30.8 Å². The molecule has 13 heteroatoms. The molecule has 1 N–H and O–H groups in total. The Morgan fingerprint density at radius 2 is 1.86 bits per heavy atom. The molecule has 0 aliphatic carbocycles. The van der Waals surface area contributed by atoms with Crippen molar-refractivity contribution in [3.05, 3.63) is 84.5 Å². The van der Waals surface area contributed by atoms with Crippen LogP contribution in [0.25, 0.3) is 11.3 Å². The number of hydrogen-bond acceptors (Lipinski definition) is 7. The van der Waals surface area contributed by atoms with Gasteiger partial charge in [-0.3, -0.25) is 4.98 Å². The Morgan fingerprint density at radius 3 is 2.49 bits per heavy atom. The lowest BCUT2D eigenvalue weighted by Crippen LogP contribution is -2.52. The van der Waals surface area contributed by atoms with Gasteiger partial charge in [-0.2, -0.15) is 17.5 Å². The van der Waals surface area contributed by atoms with E-state index in [1.54, 1.807) is 0 Å². The van der Waals surface area contributed by atoms with Crippen LogP contribution in [0.2, 0.25) is 0 Å². The predicted molar refractivity (Wildman–Crippen MR) is 125 cm³/mol. The Balaban J connectivity index is 1.52. The number of nitrogens with one attached hydrogen (secondary N) is 1. The first kappa shape index (κ1) is 26.4. The molecule has 1 atom stereocenters. The smallest absolute Gasteiger partial charge is 0.381 e. The Kier molecular flexibility index (Phi) is 7.11. The molecule has 4 rings (SSSR count). The summed E-state index contributed by atoms with van der Waals surface area (Å²) in [7, 11) is -4.14. The van der Waals surface area contributed by atoms with Crippen LogP contribution in [-0.4, -0.2) is 46.0 Å². The number of alkyl halides is 3. The molecule has 0 radical (unpaired) electrons. The van der Waals surface area contributed by atoms with Crippen molar-refractivity contribution in [1.29, 1.82) is 0 Å². The van der Waals surface area contributed by atoms with Crippen LogP contribution in [0.5, 0.6) is 0 Å². The Bertz CT molecular complexity index is 1410. The minimum Gasteiger partial charge on any atom is -0.381 e. The third-order valence-corrected chi connectivity index (χ3v) is 8.00. The second-order valence-corrected chi connectivity index (χ2v) is 10.2. The lowest BCUT2D eigenvalue weighted by atomic mass is 9.96. The summed E-state index contributed by atoms with van der Waals surface area (Å²) in [4.78, 5) is 23.7. The number of halogens is 4. The molecule has 1 aliphatic heterocycles. The summed E-state index contributed by atoms with van der Waals surface area (Å²) in [5.74, 6) is -0.593. The first-order valence-electron chi connectivity index (χ1n) is 11.0. The third kappa shape index (κ3) is 5.23. The van der Waals surface area contributed by atoms with Crippen molar-refractivity contribution in [1.82, 2.24) is 24.6 Å². The van der Waals surface area contributed by atoms with Crippen LogP contribution >= 0.6 is 0 Å². The molecule has 2 aromatic heterocycles. The summed E-state index contributed by atoms with van der Waals surface area (Å²) in [5, 5.41) is 2.96. The van der Waals surface area contributed by atoms with Crippen molar-refractivity contribution in [2.24, 2.45) is 0 Å². The molecule has 1 saturated heterocycles. The monoisotopic (exact) mass is 535 g/mol. The summed E-state index contributed by atoms with van der Waals surface area (Å²) < 4.78 is 79.2. The molecule has 8 nitrogen and oxygen atoms in total. The third-order valence-electron chi connectivity index (χ3n) is 6.04. The maximum Gasteiger partial charge on any atom is 0.433 e. The SMILES string of the molecule is C=C(NCc1cc(-c2ccc(C(F)(F)F)nc2)ncn1)[C@]1(C=O)CCCN1S(=O)(=O)c1ccc(F)cc1. The number of aldehydes is 1. The van der Waals surface area contributed by atoms with E-state index in [2.05, 4.69) is 26.8 Å². The van der Waals surface area contributed by atoms with Gasteiger partial charge in [0.25, 0.3) is 0 Å². The Hall–Kier alpha value is -3.71. The molecular weight excluding hydrogens is 514 g/mol. The number of rotatable bonds is 8. The molecule has 37 heavy (non-hydrogen) atoms. The molecule has 194 valence electrons. The molecular formula is C24H21F4N5O3S. The van der Waals surface area contributed by atoms with E-state index in [-0.39, 0.29) is 30.1 Å². The van der Waals surface area contributed by atoms with E-state index < -0.39 is 33.2 Å². The van der Waals surface area contributed by atoms with Crippen LogP contribution in [0, 0.1) is 5.82 Å². The lowest BCUT2D eigenvalue weighted by molar-refractivity contribution is -0.141. The van der Waals surface area contributed by atoms with Gasteiger partial charge in [0.05, 0.1) is 22.8 Å². The molecule has 0 spiro atoms. The first-order chi connectivity index (χ1) is 17.5. The van der Waals surface area contributed by atoms with Crippen LogP contribution in [0.3, 0.4) is 0 Å². The predicted octanol–water partition coefficient (Wildman–Crippen LogP) is 3.72. The highest BCUT2D eigenvalue weighted by atomic mass is 32.2. The Labute approximate surface area is 210 Å². The van der Waals surface area contributed by atoms with Crippen LogP contribution in [0.1, 0.15) is 24.2 Å². The first-order valence-corrected chi connectivity index (χ1v) is 12.4. The summed E-state index contributed by atoms with van der Waals surface area (Å²) >= 11 is 0. The average molecular weight is 536 g/mol. The van der Waals surface area contributed by atoms with E-state index in [9.17, 15) is 30.8 Å². The quantitative estimate of drug-likeness (QED) is 0.346. The van der Waals surface area contributed by atoms with E-state index in [1.165, 1.54) is 18.5 Å². The molecule has 3 aromatic rings. The lowest BCUT2D eigenvalue weighted by Gasteiger charge is -2.35. The zero-order chi connectivity index (χ0) is 26.8. The van der Waals surface area contributed by atoms with Crippen LogP contribution < -0.4 is 5.32 Å². The number of pyridine rings is 1. The zero-order valence-corrected chi connectivity index (χ0v) is 20.1. The largest absolute Gasteiger partial charge is 0.433 e. The topological polar surface area (TPSA) is 105 Å². The normalized spacial score (nSPS) is 18.5. The number of benzene rings is 1. The average Bonchev–Trinajstić information content (AvgIpc) is 3.34. The highest BCUT2D eigenvalue weighted by Gasteiger charge is 2.50. The van der Waals surface area contributed by atoms with E-state index in [0.717, 1.165) is 40.8 Å². The van der Waals surface area contributed by atoms with E-state index in [0.29, 0.717) is 29.7 Å². The van der Waals surface area contributed by atoms with E-state index in [1.807, 2.05) is 0 Å². The highest BCUT2D eigenvalue weighted by Crippen LogP contribution is 2.37. The number of hydrogen-bond donors (Lipinski definition) is 1. The van der Waals surface area contributed by atoms with Crippen molar-refractivity contribution in [3.8, 4) is 11.3 Å². The van der Waals surface area contributed by atoms with Crippen molar-refractivity contribution in [3.63, 3.8) is 0 Å². The van der Waals surface area contributed by atoms with E-state index >= 15 is 0 Å². The van der Waals surface area contributed by atoms with Crippen LogP contribution in [0.4, 0.5) is 17.6 Å². The molecule has 1 aromatic carbocycles. The molecule has 1 aliphatic rings. The fourth-order valence-electron chi connectivity index (χ4n) is 4.09. The van der Waals surface area contributed by atoms with Gasteiger partial charge in [0, 0.05) is 24.0 Å². The fourth-order valence-corrected chi connectivity index (χ4v) is 5.87. The van der Waals surface area contributed by atoms with Crippen molar-refractivity contribution in [2.45, 2.75) is 36.0 Å². The second-order valence-electron chi connectivity index (χ2n) is 8.33. The number of sulfonamides is 1.